The van der Waals surface area contributed by atoms with Crippen LogP contribution in [0, 0.1) is 14.9 Å². The molecule has 0 spiro atoms. The fourth-order valence-electron chi connectivity index (χ4n) is 3.57. The molecule has 1 heterocycles. The quantitative estimate of drug-likeness (QED) is 0.450. The number of nitrogens with two attached hydrogens (primary N) is 1. The third-order valence-electron chi connectivity index (χ3n) is 5.00. The van der Waals surface area contributed by atoms with Crippen LogP contribution in [-0.2, 0) is 19.1 Å². The Morgan fingerprint density at radius 3 is 2.28 bits per heavy atom. The Balaban J connectivity index is 2.41. The molecule has 0 aliphatic carbocycles. The van der Waals surface area contributed by atoms with Crippen LogP contribution in [0.4, 0.5) is 5.69 Å². The number of rotatable bonds is 5. The minimum atomic E-state index is -0.912. The number of nitrogens with zero attached hydrogens (tertiary/aromatic N) is 2. The van der Waals surface area contributed by atoms with Gasteiger partial charge < -0.3 is 19.9 Å². The number of hydrogen-bond acceptors (Lipinski definition) is 8. The van der Waals surface area contributed by atoms with Crippen molar-refractivity contribution in [2.75, 3.05) is 26.2 Å². The first-order chi connectivity index (χ1) is 15.4. The van der Waals surface area contributed by atoms with Crippen molar-refractivity contribution in [1.29, 1.82) is 5.26 Å². The zero-order valence-corrected chi connectivity index (χ0v) is 19.7. The van der Waals surface area contributed by atoms with Gasteiger partial charge in [0.1, 0.15) is 17.3 Å². The van der Waals surface area contributed by atoms with E-state index in [1.807, 2.05) is 0 Å². The van der Waals surface area contributed by atoms with Crippen LogP contribution in [0.2, 0.25) is 0 Å². The fraction of sp³-hybridized carbons (Fsp3) is 0.174. The van der Waals surface area contributed by atoms with Crippen LogP contribution in [0.1, 0.15) is 11.5 Å². The predicted molar refractivity (Wildman–Crippen MR) is 125 cm³/mol. The van der Waals surface area contributed by atoms with Crippen molar-refractivity contribution in [2.45, 2.75) is 5.92 Å². The van der Waals surface area contributed by atoms with Gasteiger partial charge in [-0.25, -0.2) is 9.59 Å². The molecule has 2 aromatic rings. The number of anilines is 1. The van der Waals surface area contributed by atoms with E-state index in [0.29, 0.717) is 17.0 Å². The summed E-state index contributed by atoms with van der Waals surface area (Å²) in [6.07, 6.45) is 0. The van der Waals surface area contributed by atoms with Crippen molar-refractivity contribution < 1.29 is 23.8 Å². The van der Waals surface area contributed by atoms with E-state index in [-0.39, 0.29) is 22.7 Å². The molecule has 164 valence electrons. The molecule has 0 aromatic heterocycles. The van der Waals surface area contributed by atoms with Gasteiger partial charge in [-0.15, -0.1) is 0 Å². The number of halogens is 1. The molecule has 0 fully saturated rings. The number of esters is 2. The zero-order valence-electron chi connectivity index (χ0n) is 17.6. The maximum Gasteiger partial charge on any atom is 0.355 e. The van der Waals surface area contributed by atoms with E-state index in [4.69, 9.17) is 19.9 Å². The predicted octanol–water partition coefficient (Wildman–Crippen LogP) is 3.20. The van der Waals surface area contributed by atoms with Gasteiger partial charge in [0.15, 0.2) is 0 Å². The molecule has 0 bridgehead atoms. The summed E-state index contributed by atoms with van der Waals surface area (Å²) in [6.45, 7) is 0. The van der Waals surface area contributed by atoms with E-state index in [2.05, 4.69) is 28.7 Å². The molecule has 8 nitrogen and oxygen atoms in total. The normalized spacial score (nSPS) is 15.8. The lowest BCUT2D eigenvalue weighted by molar-refractivity contribution is -0.139. The SMILES string of the molecule is COC(=O)C1=C(C(=O)OC)N(c2ccc(I)c(OC)c2)C(N)=C(C#N)C1c1ccccc1. The van der Waals surface area contributed by atoms with Gasteiger partial charge in [0, 0.05) is 6.07 Å². The molecule has 0 saturated carbocycles. The highest BCUT2D eigenvalue weighted by Gasteiger charge is 2.43. The standard InChI is InChI=1S/C23H20IN3O5/c1-30-17-11-14(9-10-16(17)24)27-20(23(29)32-3)19(22(28)31-2)18(15(12-25)21(27)26)13-7-5-4-6-8-13/h4-11,18H,26H2,1-3H3. The molecule has 1 atom stereocenters. The van der Waals surface area contributed by atoms with Gasteiger partial charge in [-0.3, -0.25) is 4.90 Å². The van der Waals surface area contributed by atoms with Gasteiger partial charge in [-0.1, -0.05) is 30.3 Å². The van der Waals surface area contributed by atoms with Gasteiger partial charge in [-0.05, 0) is 40.3 Å². The van der Waals surface area contributed by atoms with Gasteiger partial charge in [0.25, 0.3) is 0 Å². The first-order valence-corrected chi connectivity index (χ1v) is 10.5. The van der Waals surface area contributed by atoms with Crippen LogP contribution in [0.3, 0.4) is 0 Å². The molecular weight excluding hydrogens is 525 g/mol. The van der Waals surface area contributed by atoms with Crippen molar-refractivity contribution in [2.24, 2.45) is 5.73 Å². The van der Waals surface area contributed by atoms with Crippen LogP contribution < -0.4 is 15.4 Å². The van der Waals surface area contributed by atoms with E-state index in [9.17, 15) is 14.9 Å². The molecule has 9 heteroatoms. The number of methoxy groups -OCH3 is 3. The molecule has 2 N–H and O–H groups in total. The summed E-state index contributed by atoms with van der Waals surface area (Å²) in [5.41, 5.74) is 7.40. The smallest absolute Gasteiger partial charge is 0.355 e. The summed E-state index contributed by atoms with van der Waals surface area (Å²) in [6, 6.07) is 16.1. The molecule has 1 unspecified atom stereocenters. The third kappa shape index (κ3) is 4.01. The average molecular weight is 545 g/mol. The number of ether oxygens (including phenoxy) is 3. The van der Waals surface area contributed by atoms with Gasteiger partial charge in [0.05, 0.1) is 53.7 Å². The molecule has 0 saturated heterocycles. The van der Waals surface area contributed by atoms with E-state index < -0.39 is 17.9 Å². The van der Waals surface area contributed by atoms with Crippen LogP contribution in [0.25, 0.3) is 0 Å². The van der Waals surface area contributed by atoms with Crippen molar-refractivity contribution in [1.82, 2.24) is 0 Å². The number of carbonyl (C=O) groups excluding carboxylic acids is 2. The molecular formula is C23H20IN3O5. The maximum absolute atomic E-state index is 13.0. The first kappa shape index (κ1) is 23.1. The summed E-state index contributed by atoms with van der Waals surface area (Å²) < 4.78 is 16.2. The van der Waals surface area contributed by atoms with E-state index >= 15 is 0 Å². The maximum atomic E-state index is 13.0. The van der Waals surface area contributed by atoms with Crippen LogP contribution in [0.15, 0.2) is 71.2 Å². The lowest BCUT2D eigenvalue weighted by Gasteiger charge is -2.36. The highest BCUT2D eigenvalue weighted by atomic mass is 127. The highest BCUT2D eigenvalue weighted by molar-refractivity contribution is 14.1. The lowest BCUT2D eigenvalue weighted by Crippen LogP contribution is -2.40. The lowest BCUT2D eigenvalue weighted by atomic mass is 9.81. The minimum Gasteiger partial charge on any atom is -0.496 e. The second-order valence-electron chi connectivity index (χ2n) is 6.65. The van der Waals surface area contributed by atoms with E-state index in [1.54, 1.807) is 48.5 Å². The Morgan fingerprint density at radius 2 is 1.72 bits per heavy atom. The molecule has 2 aromatic carbocycles. The summed E-state index contributed by atoms with van der Waals surface area (Å²) >= 11 is 2.11. The summed E-state index contributed by atoms with van der Waals surface area (Å²) in [7, 11) is 3.92. The molecule has 1 aliphatic rings. The van der Waals surface area contributed by atoms with Crippen LogP contribution >= 0.6 is 22.6 Å². The minimum absolute atomic E-state index is 0.00216. The Kier molecular flexibility index (Phi) is 7.05. The summed E-state index contributed by atoms with van der Waals surface area (Å²) in [4.78, 5) is 27.3. The average Bonchev–Trinajstić information content (AvgIpc) is 2.83. The Morgan fingerprint density at radius 1 is 1.06 bits per heavy atom. The first-order valence-electron chi connectivity index (χ1n) is 9.38. The Bertz CT molecular complexity index is 1170. The zero-order chi connectivity index (χ0) is 23.4. The van der Waals surface area contributed by atoms with E-state index in [1.165, 1.54) is 26.2 Å². The molecule has 3 rings (SSSR count). The number of hydrogen-bond donors (Lipinski definition) is 1. The van der Waals surface area contributed by atoms with Crippen LogP contribution in [-0.4, -0.2) is 33.3 Å². The fourth-order valence-corrected chi connectivity index (χ4v) is 4.12. The largest absolute Gasteiger partial charge is 0.496 e. The second kappa shape index (κ2) is 9.74. The van der Waals surface area contributed by atoms with Crippen molar-refractivity contribution in [3.8, 4) is 11.8 Å². The topological polar surface area (TPSA) is 115 Å². The van der Waals surface area contributed by atoms with Crippen molar-refractivity contribution in [3.63, 3.8) is 0 Å². The molecule has 1 aliphatic heterocycles. The number of benzene rings is 2. The number of carbonyl (C=O) groups is 2. The van der Waals surface area contributed by atoms with Gasteiger partial charge in [0.2, 0.25) is 0 Å². The third-order valence-corrected chi connectivity index (χ3v) is 5.89. The summed E-state index contributed by atoms with van der Waals surface area (Å²) in [5.74, 6) is -1.96. The van der Waals surface area contributed by atoms with Crippen molar-refractivity contribution >= 4 is 40.2 Å². The Labute approximate surface area is 199 Å². The Hall–Kier alpha value is -3.52. The summed E-state index contributed by atoms with van der Waals surface area (Å²) in [5, 5.41) is 10.0. The monoisotopic (exact) mass is 545 g/mol. The van der Waals surface area contributed by atoms with E-state index in [0.717, 1.165) is 3.57 Å². The second-order valence-corrected chi connectivity index (χ2v) is 7.82. The highest BCUT2D eigenvalue weighted by Crippen LogP contribution is 2.43. The van der Waals surface area contributed by atoms with Gasteiger partial charge in [-0.2, -0.15) is 5.26 Å². The van der Waals surface area contributed by atoms with Crippen molar-refractivity contribution in [3.05, 3.63) is 80.3 Å². The van der Waals surface area contributed by atoms with Crippen LogP contribution in [0.5, 0.6) is 5.75 Å². The number of nitriles is 1. The molecule has 0 radical (unpaired) electrons. The van der Waals surface area contributed by atoms with Gasteiger partial charge >= 0.3 is 11.9 Å². The molecule has 32 heavy (non-hydrogen) atoms. The molecule has 0 amide bonds. The number of allylic oxidation sites excluding steroid dienone is 1.